The number of Topliss-reactive ketones (excluding diaryl/α,β-unsaturated/α-hetero) is 1. The Hall–Kier alpha value is -6.11. The van der Waals surface area contributed by atoms with Gasteiger partial charge in [-0.15, -0.1) is 11.3 Å². The van der Waals surface area contributed by atoms with Crippen LogP contribution in [-0.2, 0) is 40.0 Å². The number of ketones is 1. The summed E-state index contributed by atoms with van der Waals surface area (Å²) in [5.41, 5.74) is -1.17. The molecule has 4 rings (SSSR count). The van der Waals surface area contributed by atoms with Crippen LogP contribution in [0.1, 0.15) is 68.1 Å². The van der Waals surface area contributed by atoms with Gasteiger partial charge >= 0.3 is 0 Å². The molecule has 294 valence electrons. The van der Waals surface area contributed by atoms with E-state index in [9.17, 15) is 38.4 Å². The number of nitrogens with one attached hydrogen (secondary N) is 7. The molecule has 3 aromatic rings. The summed E-state index contributed by atoms with van der Waals surface area (Å²) in [5, 5.41) is 17.6. The van der Waals surface area contributed by atoms with Crippen LogP contribution in [-0.4, -0.2) is 107 Å². The van der Waals surface area contributed by atoms with Crippen molar-refractivity contribution in [3.63, 3.8) is 0 Å². The molecular formula is C36H45N9O9S. The van der Waals surface area contributed by atoms with Crippen LogP contribution in [0, 0.1) is 0 Å². The van der Waals surface area contributed by atoms with Gasteiger partial charge in [-0.2, -0.15) is 0 Å². The third kappa shape index (κ3) is 9.71. The van der Waals surface area contributed by atoms with E-state index in [1.807, 2.05) is 0 Å². The summed E-state index contributed by atoms with van der Waals surface area (Å²) in [6, 6.07) is 2.11. The average Bonchev–Trinajstić information content (AvgIpc) is 3.82. The van der Waals surface area contributed by atoms with Gasteiger partial charge in [-0.3, -0.25) is 38.4 Å². The molecule has 0 saturated heterocycles. The number of hydrogen-bond donors (Lipinski definition) is 7. The predicted molar refractivity (Wildman–Crippen MR) is 200 cm³/mol. The molecule has 2 aromatic heterocycles. The highest BCUT2D eigenvalue weighted by Crippen LogP contribution is 2.28. The van der Waals surface area contributed by atoms with Crippen molar-refractivity contribution in [2.45, 2.75) is 71.1 Å². The summed E-state index contributed by atoms with van der Waals surface area (Å²) in [6.07, 6.45) is 2.99. The highest BCUT2D eigenvalue weighted by molar-refractivity contribution is 7.09. The van der Waals surface area contributed by atoms with Gasteiger partial charge in [0.2, 0.25) is 23.6 Å². The van der Waals surface area contributed by atoms with Gasteiger partial charge in [0.05, 0.1) is 31.8 Å². The number of benzene rings is 1. The number of thiazole rings is 1. The highest BCUT2D eigenvalue weighted by Gasteiger charge is 2.42. The number of likely N-dealkylation sites (N-methyl/N-ethyl adjacent to an activating group) is 1. The molecule has 1 aromatic carbocycles. The van der Waals surface area contributed by atoms with Gasteiger partial charge in [0.15, 0.2) is 11.3 Å². The van der Waals surface area contributed by atoms with Crippen LogP contribution in [0.15, 0.2) is 41.5 Å². The first kappa shape index (κ1) is 41.6. The predicted octanol–water partition coefficient (Wildman–Crippen LogP) is 0.118. The zero-order valence-corrected chi connectivity index (χ0v) is 32.3. The molecule has 2 bridgehead atoms. The Bertz CT molecular complexity index is 2040. The Morgan fingerprint density at radius 2 is 1.78 bits per heavy atom. The van der Waals surface area contributed by atoms with Crippen LogP contribution < -0.4 is 36.6 Å². The number of fused-ring (bicyclic) bond motifs is 3. The maximum atomic E-state index is 14.0. The van der Waals surface area contributed by atoms with Gasteiger partial charge < -0.3 is 46.5 Å². The monoisotopic (exact) mass is 779 g/mol. The number of allylic oxidation sites excluding steroid dienone is 1. The van der Waals surface area contributed by atoms with Gasteiger partial charge in [0.1, 0.15) is 34.2 Å². The third-order valence-electron chi connectivity index (χ3n) is 9.04. The molecule has 1 aliphatic rings. The van der Waals surface area contributed by atoms with Gasteiger partial charge in [-0.1, -0.05) is 25.1 Å². The fraction of sp³-hybridized carbons (Fsp3) is 0.417. The molecule has 55 heavy (non-hydrogen) atoms. The fourth-order valence-electron chi connectivity index (χ4n) is 5.66. The molecule has 4 atom stereocenters. The Morgan fingerprint density at radius 3 is 2.44 bits per heavy atom. The lowest BCUT2D eigenvalue weighted by Gasteiger charge is -2.29. The molecule has 4 unspecified atom stereocenters. The summed E-state index contributed by atoms with van der Waals surface area (Å²) < 4.78 is 5.44. The van der Waals surface area contributed by atoms with E-state index >= 15 is 0 Å². The van der Waals surface area contributed by atoms with E-state index in [0.29, 0.717) is 27.2 Å². The minimum atomic E-state index is -2.20. The zero-order valence-electron chi connectivity index (χ0n) is 31.5. The lowest BCUT2D eigenvalue weighted by atomic mass is 9.94. The van der Waals surface area contributed by atoms with Gasteiger partial charge in [-0.25, -0.2) is 4.98 Å². The summed E-state index contributed by atoms with van der Waals surface area (Å²) in [4.78, 5) is 115. The molecule has 18 nitrogen and oxygen atoms in total. The maximum Gasteiger partial charge on any atom is 0.271 e. The van der Waals surface area contributed by atoms with E-state index in [4.69, 9.17) is 4.74 Å². The SMILES string of the molecule is C/C=C1/NC(=O)C(CC)NC(=O)CNC(=O)C(C)(C(C)=O)NC(=O)C(Cc2c[nH]c3c(OC)cccc23)NC(=O)c2csc(n2)C(C)NC(=O)CN(C)C1=O. The third-order valence-corrected chi connectivity index (χ3v) is 10.1. The largest absolute Gasteiger partial charge is 0.495 e. The van der Waals surface area contributed by atoms with Crippen LogP contribution in [0.25, 0.3) is 10.9 Å². The summed E-state index contributed by atoms with van der Waals surface area (Å²) in [6.45, 7) is 5.93. The van der Waals surface area contributed by atoms with E-state index in [1.165, 1.54) is 32.5 Å². The van der Waals surface area contributed by atoms with Crippen molar-refractivity contribution in [2.75, 3.05) is 27.2 Å². The van der Waals surface area contributed by atoms with Crippen LogP contribution in [0.4, 0.5) is 0 Å². The zero-order chi connectivity index (χ0) is 40.6. The molecule has 0 saturated carbocycles. The summed E-state index contributed by atoms with van der Waals surface area (Å²) in [5.74, 6) is -5.68. The number of rotatable bonds is 5. The van der Waals surface area contributed by atoms with Crippen molar-refractivity contribution in [3.05, 3.63) is 57.8 Å². The highest BCUT2D eigenvalue weighted by atomic mass is 32.1. The standard InChI is InChI=1S/C36H45N9O9S/c1-8-22-30(49)41-23(9-2)34(52)45(6)16-28(48)39-18(3)33-43-25(17-55-33)31(50)42-24(13-20-14-37-29-21(20)11-10-12-26(29)54-7)32(51)44-36(5,19(4)46)35(53)38-15-27(47)40-22/h9-12,14,17-18,22,24,37H,8,13,15-16H2,1-7H3,(H,38,53)(H,39,48)(H,40,47)(H,41,49)(H,42,50)(H,44,51)/b23-9+. The minimum Gasteiger partial charge on any atom is -0.495 e. The quantitative estimate of drug-likeness (QED) is 0.136. The lowest BCUT2D eigenvalue weighted by molar-refractivity contribution is -0.141. The molecule has 7 amide bonds. The molecule has 19 heteroatoms. The van der Waals surface area contributed by atoms with Crippen LogP contribution in [0.2, 0.25) is 0 Å². The number of methoxy groups -OCH3 is 1. The Labute approximate surface area is 320 Å². The van der Waals surface area contributed by atoms with E-state index in [0.717, 1.165) is 30.1 Å². The second-order valence-electron chi connectivity index (χ2n) is 13.0. The second kappa shape index (κ2) is 17.8. The number of carbonyl (C=O) groups is 8. The molecule has 0 fully saturated rings. The molecule has 0 aliphatic carbocycles. The van der Waals surface area contributed by atoms with Crippen molar-refractivity contribution in [3.8, 4) is 5.75 Å². The summed E-state index contributed by atoms with van der Waals surface area (Å²) in [7, 11) is 2.88. The minimum absolute atomic E-state index is 0.0711. The maximum absolute atomic E-state index is 14.0. The molecule has 1 aliphatic heterocycles. The first-order valence-electron chi connectivity index (χ1n) is 17.3. The van der Waals surface area contributed by atoms with Crippen molar-refractivity contribution < 1.29 is 43.1 Å². The smallest absolute Gasteiger partial charge is 0.271 e. The van der Waals surface area contributed by atoms with Gasteiger partial charge in [0.25, 0.3) is 17.7 Å². The van der Waals surface area contributed by atoms with Crippen LogP contribution >= 0.6 is 11.3 Å². The Balaban J connectivity index is 1.71. The number of H-pyrrole nitrogens is 1. The van der Waals surface area contributed by atoms with Gasteiger partial charge in [0, 0.05) is 30.4 Å². The molecule has 0 spiro atoms. The first-order chi connectivity index (χ1) is 26.0. The van der Waals surface area contributed by atoms with Crippen molar-refractivity contribution in [1.82, 2.24) is 46.8 Å². The lowest BCUT2D eigenvalue weighted by Crippen LogP contribution is -2.65. The van der Waals surface area contributed by atoms with Crippen LogP contribution in [0.3, 0.4) is 0 Å². The Kier molecular flexibility index (Phi) is 13.5. The number of amides is 7. The number of nitrogens with zero attached hydrogens (tertiary/aromatic N) is 2. The molecule has 7 N–H and O–H groups in total. The normalized spacial score (nSPS) is 23.5. The topological polar surface area (TPSA) is 250 Å². The number of aromatic nitrogens is 2. The number of hydrogen-bond acceptors (Lipinski definition) is 11. The number of aromatic amines is 1. The van der Waals surface area contributed by atoms with Crippen molar-refractivity contribution >= 4 is 69.4 Å². The first-order valence-corrected chi connectivity index (χ1v) is 18.2. The Morgan fingerprint density at radius 1 is 1.05 bits per heavy atom. The van der Waals surface area contributed by atoms with E-state index < -0.39 is 83.9 Å². The number of ether oxygens (including phenoxy) is 1. The van der Waals surface area contributed by atoms with E-state index in [2.05, 4.69) is 41.9 Å². The van der Waals surface area contributed by atoms with Crippen LogP contribution in [0.5, 0.6) is 5.75 Å². The number of carbonyl (C=O) groups excluding carboxylic acids is 8. The van der Waals surface area contributed by atoms with E-state index in [-0.39, 0.29) is 24.2 Å². The van der Waals surface area contributed by atoms with Crippen molar-refractivity contribution in [1.29, 1.82) is 0 Å². The van der Waals surface area contributed by atoms with Gasteiger partial charge in [-0.05, 0) is 45.7 Å². The molecule has 0 radical (unpaired) electrons. The number of para-hydroxylation sites is 1. The molecule has 3 heterocycles. The van der Waals surface area contributed by atoms with E-state index in [1.54, 1.807) is 38.2 Å². The average molecular weight is 780 g/mol. The molecular weight excluding hydrogens is 735 g/mol. The summed E-state index contributed by atoms with van der Waals surface area (Å²) >= 11 is 1.08. The van der Waals surface area contributed by atoms with Crippen molar-refractivity contribution in [2.24, 2.45) is 0 Å². The second-order valence-corrected chi connectivity index (χ2v) is 13.9. The fourth-order valence-corrected chi connectivity index (χ4v) is 6.47.